The Hall–Kier alpha value is -2.11. The number of carboxylic acids is 1. The Labute approximate surface area is 117 Å². The van der Waals surface area contributed by atoms with Crippen molar-refractivity contribution in [3.05, 3.63) is 33.9 Å². The molecule has 108 valence electrons. The number of nitro groups is 1. The minimum absolute atomic E-state index is 0.0758. The van der Waals surface area contributed by atoms with Crippen LogP contribution in [0.25, 0.3) is 0 Å². The van der Waals surface area contributed by atoms with Crippen molar-refractivity contribution in [2.45, 2.75) is 26.7 Å². The number of aryl methyl sites for hydroxylation is 1. The summed E-state index contributed by atoms with van der Waals surface area (Å²) >= 11 is 0. The van der Waals surface area contributed by atoms with Gasteiger partial charge in [-0.3, -0.25) is 14.9 Å². The summed E-state index contributed by atoms with van der Waals surface area (Å²) in [4.78, 5) is 23.9. The molecule has 1 aromatic rings. The van der Waals surface area contributed by atoms with Crippen LogP contribution < -0.4 is 4.90 Å². The van der Waals surface area contributed by atoms with Crippen LogP contribution in [-0.2, 0) is 4.79 Å². The maximum atomic E-state index is 11.4. The van der Waals surface area contributed by atoms with E-state index in [-0.39, 0.29) is 5.69 Å². The van der Waals surface area contributed by atoms with Crippen molar-refractivity contribution in [3.63, 3.8) is 0 Å². The van der Waals surface area contributed by atoms with E-state index in [1.165, 1.54) is 6.07 Å². The average molecular weight is 278 g/mol. The SMILES string of the molecule is CCC1(C(=O)O)CCN(c2ccc(C)c([N+](=O)[O-])c2)C1. The number of nitro benzene ring substituents is 1. The predicted octanol–water partition coefficient (Wildman–Crippen LogP) is 2.59. The third kappa shape index (κ3) is 2.33. The van der Waals surface area contributed by atoms with Gasteiger partial charge in [0, 0.05) is 30.4 Å². The molecule has 0 aliphatic carbocycles. The highest BCUT2D eigenvalue weighted by molar-refractivity contribution is 5.77. The van der Waals surface area contributed by atoms with Gasteiger partial charge in [-0.2, -0.15) is 0 Å². The van der Waals surface area contributed by atoms with Crippen molar-refractivity contribution >= 4 is 17.3 Å². The number of benzene rings is 1. The lowest BCUT2D eigenvalue weighted by Crippen LogP contribution is -2.34. The summed E-state index contributed by atoms with van der Waals surface area (Å²) in [5, 5.41) is 20.4. The van der Waals surface area contributed by atoms with Gasteiger partial charge in [0.1, 0.15) is 0 Å². The van der Waals surface area contributed by atoms with Gasteiger partial charge < -0.3 is 10.0 Å². The number of rotatable bonds is 4. The lowest BCUT2D eigenvalue weighted by molar-refractivity contribution is -0.385. The number of hydrogen-bond acceptors (Lipinski definition) is 4. The maximum absolute atomic E-state index is 11.4. The van der Waals surface area contributed by atoms with Crippen molar-refractivity contribution in [1.29, 1.82) is 0 Å². The molecule has 0 aromatic heterocycles. The van der Waals surface area contributed by atoms with E-state index in [9.17, 15) is 20.0 Å². The van der Waals surface area contributed by atoms with Crippen molar-refractivity contribution in [1.82, 2.24) is 0 Å². The van der Waals surface area contributed by atoms with Crippen molar-refractivity contribution in [2.24, 2.45) is 5.41 Å². The first-order valence-corrected chi connectivity index (χ1v) is 6.63. The van der Waals surface area contributed by atoms with Gasteiger partial charge in [-0.15, -0.1) is 0 Å². The van der Waals surface area contributed by atoms with Crippen molar-refractivity contribution in [2.75, 3.05) is 18.0 Å². The zero-order chi connectivity index (χ0) is 14.9. The molecule has 6 nitrogen and oxygen atoms in total. The Morgan fingerprint density at radius 3 is 2.75 bits per heavy atom. The molecule has 1 fully saturated rings. The highest BCUT2D eigenvalue weighted by Crippen LogP contribution is 2.37. The molecule has 20 heavy (non-hydrogen) atoms. The van der Waals surface area contributed by atoms with Gasteiger partial charge in [0.25, 0.3) is 5.69 Å². The fourth-order valence-corrected chi connectivity index (χ4v) is 2.70. The van der Waals surface area contributed by atoms with Gasteiger partial charge in [0.05, 0.1) is 10.3 Å². The lowest BCUT2D eigenvalue weighted by atomic mass is 9.84. The second kappa shape index (κ2) is 5.11. The molecule has 0 radical (unpaired) electrons. The molecule has 2 rings (SSSR count). The first-order chi connectivity index (χ1) is 9.39. The molecule has 0 spiro atoms. The van der Waals surface area contributed by atoms with E-state index in [0.717, 1.165) is 5.69 Å². The third-order valence-corrected chi connectivity index (χ3v) is 4.24. The number of nitrogens with zero attached hydrogens (tertiary/aromatic N) is 2. The Morgan fingerprint density at radius 1 is 1.55 bits per heavy atom. The normalized spacial score (nSPS) is 22.0. The highest BCUT2D eigenvalue weighted by atomic mass is 16.6. The van der Waals surface area contributed by atoms with Crippen LogP contribution in [0.2, 0.25) is 0 Å². The van der Waals surface area contributed by atoms with Gasteiger partial charge in [0.2, 0.25) is 0 Å². The quantitative estimate of drug-likeness (QED) is 0.676. The van der Waals surface area contributed by atoms with Crippen LogP contribution in [0.3, 0.4) is 0 Å². The summed E-state index contributed by atoms with van der Waals surface area (Å²) in [6, 6.07) is 5.05. The molecule has 1 atom stereocenters. The molecule has 1 aromatic carbocycles. The molecule has 1 aliphatic heterocycles. The monoisotopic (exact) mass is 278 g/mol. The molecule has 1 heterocycles. The van der Waals surface area contributed by atoms with Gasteiger partial charge in [-0.25, -0.2) is 0 Å². The smallest absolute Gasteiger partial charge is 0.311 e. The van der Waals surface area contributed by atoms with Crippen molar-refractivity contribution < 1.29 is 14.8 Å². The summed E-state index contributed by atoms with van der Waals surface area (Å²) < 4.78 is 0. The van der Waals surface area contributed by atoms with Crippen LogP contribution in [0.4, 0.5) is 11.4 Å². The minimum atomic E-state index is -0.788. The van der Waals surface area contributed by atoms with E-state index < -0.39 is 16.3 Å². The number of carboxylic acid groups (broad SMARTS) is 1. The van der Waals surface area contributed by atoms with Crippen LogP contribution in [0.5, 0.6) is 0 Å². The van der Waals surface area contributed by atoms with E-state index in [4.69, 9.17) is 0 Å². The third-order valence-electron chi connectivity index (χ3n) is 4.24. The Morgan fingerprint density at radius 2 is 2.25 bits per heavy atom. The van der Waals surface area contributed by atoms with Crippen molar-refractivity contribution in [3.8, 4) is 0 Å². The second-order valence-corrected chi connectivity index (χ2v) is 5.34. The van der Waals surface area contributed by atoms with Crippen LogP contribution in [0.15, 0.2) is 18.2 Å². The van der Waals surface area contributed by atoms with E-state index in [2.05, 4.69) is 0 Å². The zero-order valence-electron chi connectivity index (χ0n) is 11.6. The van der Waals surface area contributed by atoms with Crippen LogP contribution in [-0.4, -0.2) is 29.1 Å². The van der Waals surface area contributed by atoms with E-state index >= 15 is 0 Å². The first kappa shape index (κ1) is 14.3. The molecule has 1 saturated heterocycles. The number of carbonyl (C=O) groups is 1. The van der Waals surface area contributed by atoms with Gasteiger partial charge in [0.15, 0.2) is 0 Å². The predicted molar refractivity (Wildman–Crippen MR) is 75.0 cm³/mol. The topological polar surface area (TPSA) is 83.7 Å². The largest absolute Gasteiger partial charge is 0.481 e. The molecule has 0 amide bonds. The first-order valence-electron chi connectivity index (χ1n) is 6.63. The molecule has 1 aliphatic rings. The van der Waals surface area contributed by atoms with Crippen LogP contribution in [0.1, 0.15) is 25.3 Å². The molecule has 6 heteroatoms. The van der Waals surface area contributed by atoms with Crippen LogP contribution in [0, 0.1) is 22.5 Å². The lowest BCUT2D eigenvalue weighted by Gasteiger charge is -2.24. The van der Waals surface area contributed by atoms with Gasteiger partial charge in [-0.05, 0) is 25.8 Å². The summed E-state index contributed by atoms with van der Waals surface area (Å²) in [6.45, 7) is 4.58. The number of hydrogen-bond donors (Lipinski definition) is 1. The Kier molecular flexibility index (Phi) is 3.65. The summed E-state index contributed by atoms with van der Waals surface area (Å²) in [5.41, 5.74) is 0.670. The highest BCUT2D eigenvalue weighted by Gasteiger charge is 2.43. The van der Waals surface area contributed by atoms with E-state index in [0.29, 0.717) is 31.5 Å². The van der Waals surface area contributed by atoms with E-state index in [1.54, 1.807) is 13.0 Å². The zero-order valence-corrected chi connectivity index (χ0v) is 11.6. The molecule has 1 N–H and O–H groups in total. The molecular weight excluding hydrogens is 260 g/mol. The molecule has 1 unspecified atom stereocenters. The van der Waals surface area contributed by atoms with E-state index in [1.807, 2.05) is 17.9 Å². The minimum Gasteiger partial charge on any atom is -0.481 e. The maximum Gasteiger partial charge on any atom is 0.311 e. The second-order valence-electron chi connectivity index (χ2n) is 5.34. The van der Waals surface area contributed by atoms with Gasteiger partial charge in [-0.1, -0.05) is 13.0 Å². The molecule has 0 saturated carbocycles. The molecule has 0 bridgehead atoms. The fraction of sp³-hybridized carbons (Fsp3) is 0.500. The Balaban J connectivity index is 2.29. The fourth-order valence-electron chi connectivity index (χ4n) is 2.70. The summed E-state index contributed by atoms with van der Waals surface area (Å²) in [7, 11) is 0. The Bertz CT molecular complexity index is 558. The van der Waals surface area contributed by atoms with Gasteiger partial charge >= 0.3 is 5.97 Å². The standard InChI is InChI=1S/C14H18N2O4/c1-3-14(13(17)18)6-7-15(9-14)11-5-4-10(2)12(8-11)16(19)20/h4-5,8H,3,6-7,9H2,1-2H3,(H,17,18). The number of anilines is 1. The number of aliphatic carboxylic acids is 1. The average Bonchev–Trinajstić information content (AvgIpc) is 2.84. The molecular formula is C14H18N2O4. The summed E-state index contributed by atoms with van der Waals surface area (Å²) in [6.07, 6.45) is 1.13. The van der Waals surface area contributed by atoms with Crippen LogP contribution >= 0.6 is 0 Å². The summed E-state index contributed by atoms with van der Waals surface area (Å²) in [5.74, 6) is -0.788.